The van der Waals surface area contributed by atoms with Crippen molar-refractivity contribution in [3.8, 4) is 45.6 Å². The molecule has 252 valence electrons. The predicted molar refractivity (Wildman–Crippen MR) is 205 cm³/mol. The summed E-state index contributed by atoms with van der Waals surface area (Å²) >= 11 is 0. The van der Waals surface area contributed by atoms with Crippen LogP contribution in [0.3, 0.4) is 0 Å². The molecule has 2 aromatic carbocycles. The lowest BCUT2D eigenvalue weighted by Crippen LogP contribution is -2.15. The summed E-state index contributed by atoms with van der Waals surface area (Å²) in [6.45, 7) is 10.2. The molecule has 0 saturated heterocycles. The molecule has 0 bridgehead atoms. The standard InChI is InChI=1S/C29H23N5.C13H11N5/c1-18-10-12-20-21-13-11-19(17-23(21)29(2,3)22(20)16-18)26-32-27(24-8-4-6-14-30-24)34-28(33-26)25-9-5-7-15-31-25;1-15-13(11-7-3-5-9-17-11)18-12(14)10-6-2-4-8-16-10/h4-17H,1-3H3;2-9,14H,1H2. The zero-order valence-electron chi connectivity index (χ0n) is 28.9. The van der Waals surface area contributed by atoms with Crippen molar-refractivity contribution in [1.29, 1.82) is 5.41 Å². The van der Waals surface area contributed by atoms with E-state index in [4.69, 9.17) is 20.4 Å². The Morgan fingerprint density at radius 1 is 0.596 bits per heavy atom. The summed E-state index contributed by atoms with van der Waals surface area (Å²) in [7, 11) is 0. The fourth-order valence-electron chi connectivity index (χ4n) is 6.05. The van der Waals surface area contributed by atoms with Gasteiger partial charge < -0.3 is 0 Å². The van der Waals surface area contributed by atoms with E-state index >= 15 is 0 Å². The summed E-state index contributed by atoms with van der Waals surface area (Å²) in [5, 5.41) is 7.85. The molecule has 1 aliphatic rings. The zero-order valence-corrected chi connectivity index (χ0v) is 28.9. The number of aliphatic imine (C=N–C) groups is 2. The van der Waals surface area contributed by atoms with Gasteiger partial charge in [-0.25, -0.2) is 24.9 Å². The summed E-state index contributed by atoms with van der Waals surface area (Å²) < 4.78 is 0. The fraction of sp³-hybridized carbons (Fsp3) is 0.0952. The SMILES string of the molecule is C=NC(=NC(=N)c1ccccn1)c1ccccn1.Cc1ccc2c(c1)C(C)(C)c1cc(-c3nc(-c4ccccn4)nc(-c4ccccn4)n3)ccc1-2. The van der Waals surface area contributed by atoms with Gasteiger partial charge in [0.15, 0.2) is 29.1 Å². The van der Waals surface area contributed by atoms with Crippen molar-refractivity contribution in [2.75, 3.05) is 0 Å². The Morgan fingerprint density at radius 2 is 1.12 bits per heavy atom. The first-order valence-corrected chi connectivity index (χ1v) is 16.6. The average molecular weight is 679 g/mol. The van der Waals surface area contributed by atoms with E-state index in [0.29, 0.717) is 46.1 Å². The van der Waals surface area contributed by atoms with E-state index in [1.807, 2.05) is 42.5 Å². The van der Waals surface area contributed by atoms with Crippen LogP contribution in [0.5, 0.6) is 0 Å². The van der Waals surface area contributed by atoms with Gasteiger partial charge in [0.25, 0.3) is 0 Å². The lowest BCUT2D eigenvalue weighted by molar-refractivity contribution is 0.660. The minimum absolute atomic E-state index is 0.0312. The Kier molecular flexibility index (Phi) is 9.36. The molecule has 10 nitrogen and oxygen atoms in total. The molecule has 52 heavy (non-hydrogen) atoms. The van der Waals surface area contributed by atoms with Crippen molar-refractivity contribution in [3.63, 3.8) is 0 Å². The third kappa shape index (κ3) is 6.90. The number of hydrogen-bond acceptors (Lipinski definition) is 8. The summed E-state index contributed by atoms with van der Waals surface area (Å²) in [4.78, 5) is 39.3. The van der Waals surface area contributed by atoms with Gasteiger partial charge in [0, 0.05) is 35.8 Å². The van der Waals surface area contributed by atoms with Crippen LogP contribution in [0.25, 0.3) is 45.6 Å². The number of rotatable bonds is 5. The van der Waals surface area contributed by atoms with E-state index in [9.17, 15) is 0 Å². The van der Waals surface area contributed by atoms with Crippen LogP contribution in [0.2, 0.25) is 0 Å². The van der Waals surface area contributed by atoms with Crippen LogP contribution in [0.1, 0.15) is 41.9 Å². The highest BCUT2D eigenvalue weighted by Crippen LogP contribution is 2.49. The highest BCUT2D eigenvalue weighted by Gasteiger charge is 2.35. The maximum atomic E-state index is 7.85. The van der Waals surface area contributed by atoms with Crippen LogP contribution >= 0.6 is 0 Å². The maximum absolute atomic E-state index is 7.85. The van der Waals surface area contributed by atoms with E-state index in [1.54, 1.807) is 55.1 Å². The molecule has 0 fully saturated rings. The highest BCUT2D eigenvalue weighted by molar-refractivity contribution is 6.10. The van der Waals surface area contributed by atoms with Crippen LogP contribution < -0.4 is 0 Å². The number of aryl methyl sites for hydroxylation is 1. The van der Waals surface area contributed by atoms with Crippen LogP contribution in [0, 0.1) is 12.3 Å². The van der Waals surface area contributed by atoms with E-state index in [2.05, 4.69) is 93.8 Å². The third-order valence-corrected chi connectivity index (χ3v) is 8.68. The second-order valence-electron chi connectivity index (χ2n) is 12.5. The normalized spacial score (nSPS) is 12.6. The highest BCUT2D eigenvalue weighted by atomic mass is 15.1. The van der Waals surface area contributed by atoms with Gasteiger partial charge in [-0.1, -0.05) is 74.0 Å². The van der Waals surface area contributed by atoms with Crippen LogP contribution in [0.4, 0.5) is 0 Å². The number of nitrogens with one attached hydrogen (secondary N) is 1. The van der Waals surface area contributed by atoms with Gasteiger partial charge in [-0.05, 0) is 90.5 Å². The van der Waals surface area contributed by atoms with Gasteiger partial charge in [-0.3, -0.25) is 25.3 Å². The molecule has 10 heteroatoms. The number of aromatic nitrogens is 7. The van der Waals surface area contributed by atoms with E-state index in [0.717, 1.165) is 5.56 Å². The minimum atomic E-state index is -0.104. The number of amidine groups is 2. The van der Waals surface area contributed by atoms with Gasteiger partial charge >= 0.3 is 0 Å². The molecule has 0 unspecified atom stereocenters. The van der Waals surface area contributed by atoms with Crippen molar-refractivity contribution in [2.45, 2.75) is 26.2 Å². The fourth-order valence-corrected chi connectivity index (χ4v) is 6.05. The largest absolute Gasteiger partial charge is 0.281 e. The van der Waals surface area contributed by atoms with Crippen molar-refractivity contribution < 1.29 is 0 Å². The van der Waals surface area contributed by atoms with E-state index < -0.39 is 0 Å². The molecule has 0 amide bonds. The Hall–Kier alpha value is -6.94. The summed E-state index contributed by atoms with van der Waals surface area (Å²) in [5.74, 6) is 2.02. The Labute approximate surface area is 301 Å². The molecular formula is C42H34N10. The first-order chi connectivity index (χ1) is 25.3. The smallest absolute Gasteiger partial charge is 0.182 e. The molecule has 5 aromatic heterocycles. The van der Waals surface area contributed by atoms with Gasteiger partial charge in [-0.15, -0.1) is 0 Å². The summed E-state index contributed by atoms with van der Waals surface area (Å²) in [6, 6.07) is 35.4. The van der Waals surface area contributed by atoms with Crippen molar-refractivity contribution >= 4 is 18.4 Å². The molecule has 7 aromatic rings. The topological polar surface area (TPSA) is 139 Å². The van der Waals surface area contributed by atoms with Crippen LogP contribution in [0.15, 0.2) is 144 Å². The van der Waals surface area contributed by atoms with Crippen molar-refractivity contribution in [3.05, 3.63) is 162 Å². The molecule has 0 radical (unpaired) electrons. The molecule has 0 saturated carbocycles. The lowest BCUT2D eigenvalue weighted by Gasteiger charge is -2.22. The number of hydrogen-bond donors (Lipinski definition) is 1. The maximum Gasteiger partial charge on any atom is 0.182 e. The Morgan fingerprint density at radius 3 is 1.65 bits per heavy atom. The predicted octanol–water partition coefficient (Wildman–Crippen LogP) is 8.23. The van der Waals surface area contributed by atoms with Gasteiger partial charge in [0.1, 0.15) is 22.8 Å². The monoisotopic (exact) mass is 678 g/mol. The summed E-state index contributed by atoms with van der Waals surface area (Å²) in [5.41, 5.74) is 9.80. The van der Waals surface area contributed by atoms with E-state index in [-0.39, 0.29) is 11.3 Å². The minimum Gasteiger partial charge on any atom is -0.281 e. The number of nitrogens with zero attached hydrogens (tertiary/aromatic N) is 9. The molecule has 0 aliphatic heterocycles. The molecule has 8 rings (SSSR count). The van der Waals surface area contributed by atoms with Crippen molar-refractivity contribution in [2.24, 2.45) is 9.98 Å². The third-order valence-electron chi connectivity index (χ3n) is 8.68. The average Bonchev–Trinajstić information content (AvgIpc) is 3.42. The van der Waals surface area contributed by atoms with Crippen LogP contribution in [-0.4, -0.2) is 53.3 Å². The molecule has 1 aliphatic carbocycles. The molecule has 5 heterocycles. The zero-order chi connectivity index (χ0) is 36.1. The quantitative estimate of drug-likeness (QED) is 0.143. The van der Waals surface area contributed by atoms with Crippen molar-refractivity contribution in [1.82, 2.24) is 34.9 Å². The Bertz CT molecular complexity index is 2350. The lowest BCUT2D eigenvalue weighted by atomic mass is 9.81. The number of fused-ring (bicyclic) bond motifs is 3. The Balaban J connectivity index is 0.000000198. The molecule has 1 N–H and O–H groups in total. The molecule has 0 spiro atoms. The van der Waals surface area contributed by atoms with Gasteiger partial charge in [-0.2, -0.15) is 0 Å². The number of pyridine rings is 4. The van der Waals surface area contributed by atoms with Gasteiger partial charge in [0.05, 0.1) is 0 Å². The first kappa shape index (κ1) is 33.6. The summed E-state index contributed by atoms with van der Waals surface area (Å²) in [6.07, 6.45) is 6.74. The molecular weight excluding hydrogens is 645 g/mol. The van der Waals surface area contributed by atoms with Gasteiger partial charge in [0.2, 0.25) is 0 Å². The first-order valence-electron chi connectivity index (χ1n) is 16.6. The molecule has 0 atom stereocenters. The second kappa shape index (κ2) is 14.5. The second-order valence-corrected chi connectivity index (χ2v) is 12.5. The number of benzene rings is 2. The van der Waals surface area contributed by atoms with Crippen LogP contribution in [-0.2, 0) is 5.41 Å². The van der Waals surface area contributed by atoms with E-state index in [1.165, 1.54) is 27.8 Å².